The van der Waals surface area contributed by atoms with E-state index in [-0.39, 0.29) is 16.7 Å². The van der Waals surface area contributed by atoms with Crippen LogP contribution in [0.4, 0.5) is 5.69 Å². The van der Waals surface area contributed by atoms with Gasteiger partial charge in [-0.1, -0.05) is 0 Å². The average molecular weight is 252 g/mol. The molecule has 1 saturated heterocycles. The fourth-order valence-corrected chi connectivity index (χ4v) is 2.27. The zero-order valence-corrected chi connectivity index (χ0v) is 10.4. The number of rotatable bonds is 4. The van der Waals surface area contributed by atoms with Crippen LogP contribution < -0.4 is 14.8 Å². The minimum Gasteiger partial charge on any atom is -0.493 e. The van der Waals surface area contributed by atoms with Gasteiger partial charge >= 0.3 is 0 Å². The van der Waals surface area contributed by atoms with E-state index in [1.54, 1.807) is 6.07 Å². The first kappa shape index (κ1) is 12.6. The predicted octanol–water partition coefficient (Wildman–Crippen LogP) is 2.04. The molecule has 1 aliphatic rings. The number of ether oxygens (including phenoxy) is 2. The highest BCUT2D eigenvalue weighted by Crippen LogP contribution is 2.39. The van der Waals surface area contributed by atoms with Gasteiger partial charge in [-0.05, 0) is 25.5 Å². The monoisotopic (exact) mass is 252 g/mol. The van der Waals surface area contributed by atoms with E-state index in [9.17, 15) is 10.1 Å². The van der Waals surface area contributed by atoms with Crippen LogP contribution in [0.15, 0.2) is 12.1 Å². The molecular formula is C12H16N2O4. The molecule has 1 atom stereocenters. The maximum absolute atomic E-state index is 11.1. The SMILES string of the molecule is COc1cc([C@H]2CCCN2)c([N+](=O)[O-])cc1OC. The molecule has 1 N–H and O–H groups in total. The second-order valence-electron chi connectivity index (χ2n) is 4.17. The smallest absolute Gasteiger partial charge is 0.278 e. The first-order valence-corrected chi connectivity index (χ1v) is 5.81. The van der Waals surface area contributed by atoms with Crippen molar-refractivity contribution < 1.29 is 14.4 Å². The van der Waals surface area contributed by atoms with Crippen molar-refractivity contribution >= 4 is 5.69 Å². The molecule has 0 saturated carbocycles. The van der Waals surface area contributed by atoms with Crippen molar-refractivity contribution in [3.63, 3.8) is 0 Å². The van der Waals surface area contributed by atoms with Crippen LogP contribution in [0, 0.1) is 10.1 Å². The standard InChI is InChI=1S/C12H16N2O4/c1-17-11-6-8(9-4-3-5-13-9)10(14(15)16)7-12(11)18-2/h6-7,9,13H,3-5H2,1-2H3/t9-/m1/s1. The molecular weight excluding hydrogens is 236 g/mol. The Balaban J connectivity index is 2.50. The summed E-state index contributed by atoms with van der Waals surface area (Å²) in [6, 6.07) is 3.14. The molecule has 0 radical (unpaired) electrons. The lowest BCUT2D eigenvalue weighted by Crippen LogP contribution is -2.14. The molecule has 1 aromatic rings. The maximum Gasteiger partial charge on any atom is 0.278 e. The Hall–Kier alpha value is -1.82. The van der Waals surface area contributed by atoms with Crippen LogP contribution >= 0.6 is 0 Å². The molecule has 0 aliphatic carbocycles. The lowest BCUT2D eigenvalue weighted by atomic mass is 10.0. The Morgan fingerprint density at radius 2 is 2.00 bits per heavy atom. The van der Waals surface area contributed by atoms with E-state index in [1.165, 1.54) is 20.3 Å². The molecule has 1 aromatic carbocycles. The van der Waals surface area contributed by atoms with Gasteiger partial charge in [0.15, 0.2) is 11.5 Å². The average Bonchev–Trinajstić information content (AvgIpc) is 2.90. The molecule has 0 aromatic heterocycles. The highest BCUT2D eigenvalue weighted by molar-refractivity contribution is 5.55. The number of nitrogens with zero attached hydrogens (tertiary/aromatic N) is 1. The van der Waals surface area contributed by atoms with Gasteiger partial charge in [0.1, 0.15) is 0 Å². The zero-order chi connectivity index (χ0) is 13.1. The molecule has 0 spiro atoms. The van der Waals surface area contributed by atoms with Crippen LogP contribution in [0.5, 0.6) is 11.5 Å². The second-order valence-corrected chi connectivity index (χ2v) is 4.17. The lowest BCUT2D eigenvalue weighted by molar-refractivity contribution is -0.385. The summed E-state index contributed by atoms with van der Waals surface area (Å²) in [5, 5.41) is 14.4. The van der Waals surface area contributed by atoms with Crippen LogP contribution in [0.1, 0.15) is 24.4 Å². The highest BCUT2D eigenvalue weighted by Gasteiger charge is 2.27. The van der Waals surface area contributed by atoms with Crippen molar-refractivity contribution in [2.24, 2.45) is 0 Å². The highest BCUT2D eigenvalue weighted by atomic mass is 16.6. The van der Waals surface area contributed by atoms with Gasteiger partial charge in [-0.2, -0.15) is 0 Å². The summed E-state index contributed by atoms with van der Waals surface area (Å²) in [4.78, 5) is 10.7. The number of nitro benzene ring substituents is 1. The van der Waals surface area contributed by atoms with Gasteiger partial charge in [0, 0.05) is 6.04 Å². The zero-order valence-electron chi connectivity index (χ0n) is 10.4. The van der Waals surface area contributed by atoms with Crippen LogP contribution in [-0.4, -0.2) is 25.7 Å². The minimum atomic E-state index is -0.378. The van der Waals surface area contributed by atoms with Crippen molar-refractivity contribution in [2.45, 2.75) is 18.9 Å². The Bertz CT molecular complexity index is 456. The fourth-order valence-electron chi connectivity index (χ4n) is 2.27. The van der Waals surface area contributed by atoms with Gasteiger partial charge in [-0.25, -0.2) is 0 Å². The van der Waals surface area contributed by atoms with Crippen LogP contribution in [0.2, 0.25) is 0 Å². The number of methoxy groups -OCH3 is 2. The molecule has 0 unspecified atom stereocenters. The second kappa shape index (κ2) is 5.22. The number of hydrogen-bond acceptors (Lipinski definition) is 5. The van der Waals surface area contributed by atoms with Crippen molar-refractivity contribution in [3.8, 4) is 11.5 Å². The largest absolute Gasteiger partial charge is 0.493 e. The van der Waals surface area contributed by atoms with Crippen molar-refractivity contribution in [1.29, 1.82) is 0 Å². The summed E-state index contributed by atoms with van der Waals surface area (Å²) in [6.07, 6.45) is 1.92. The summed E-state index contributed by atoms with van der Waals surface area (Å²) < 4.78 is 10.3. The molecule has 1 aliphatic heterocycles. The molecule has 98 valence electrons. The third kappa shape index (κ3) is 2.24. The number of nitrogens with one attached hydrogen (secondary N) is 1. The van der Waals surface area contributed by atoms with Gasteiger partial charge in [0.2, 0.25) is 0 Å². The Kier molecular flexibility index (Phi) is 3.66. The third-order valence-corrected chi connectivity index (χ3v) is 3.17. The van der Waals surface area contributed by atoms with Gasteiger partial charge in [0.25, 0.3) is 5.69 Å². The minimum absolute atomic E-state index is 0.0187. The summed E-state index contributed by atoms with van der Waals surface area (Å²) in [7, 11) is 2.99. The van der Waals surface area contributed by atoms with Gasteiger partial charge in [0.05, 0.1) is 30.8 Å². The van der Waals surface area contributed by atoms with E-state index in [4.69, 9.17) is 9.47 Å². The van der Waals surface area contributed by atoms with E-state index in [0.717, 1.165) is 19.4 Å². The first-order valence-electron chi connectivity index (χ1n) is 5.81. The van der Waals surface area contributed by atoms with E-state index < -0.39 is 0 Å². The van der Waals surface area contributed by atoms with Crippen molar-refractivity contribution in [1.82, 2.24) is 5.32 Å². The molecule has 0 amide bonds. The molecule has 6 heteroatoms. The molecule has 0 bridgehead atoms. The summed E-state index contributed by atoms with van der Waals surface area (Å²) in [5.74, 6) is 0.901. The summed E-state index contributed by atoms with van der Waals surface area (Å²) >= 11 is 0. The number of hydrogen-bond donors (Lipinski definition) is 1. The maximum atomic E-state index is 11.1. The molecule has 6 nitrogen and oxygen atoms in total. The molecule has 18 heavy (non-hydrogen) atoms. The van der Waals surface area contributed by atoms with E-state index in [2.05, 4.69) is 5.32 Å². The van der Waals surface area contributed by atoms with Gasteiger partial charge in [-0.15, -0.1) is 0 Å². The van der Waals surface area contributed by atoms with Gasteiger partial charge in [-0.3, -0.25) is 10.1 Å². The first-order chi connectivity index (χ1) is 8.67. The Morgan fingerprint density at radius 3 is 2.50 bits per heavy atom. The van der Waals surface area contributed by atoms with Crippen LogP contribution in [0.25, 0.3) is 0 Å². The summed E-state index contributed by atoms with van der Waals surface area (Å²) in [6.45, 7) is 0.885. The quantitative estimate of drug-likeness (QED) is 0.655. The Morgan fingerprint density at radius 1 is 1.33 bits per heavy atom. The summed E-state index contributed by atoms with van der Waals surface area (Å²) in [5.41, 5.74) is 0.738. The van der Waals surface area contributed by atoms with E-state index in [0.29, 0.717) is 17.1 Å². The van der Waals surface area contributed by atoms with Crippen LogP contribution in [0.3, 0.4) is 0 Å². The normalized spacial score (nSPS) is 18.7. The van der Waals surface area contributed by atoms with Gasteiger partial charge < -0.3 is 14.8 Å². The Labute approximate surface area is 105 Å². The third-order valence-electron chi connectivity index (χ3n) is 3.17. The van der Waals surface area contributed by atoms with Crippen molar-refractivity contribution in [3.05, 3.63) is 27.8 Å². The topological polar surface area (TPSA) is 73.6 Å². The molecule has 1 fully saturated rings. The van der Waals surface area contributed by atoms with Crippen LogP contribution in [-0.2, 0) is 0 Å². The lowest BCUT2D eigenvalue weighted by Gasteiger charge is -2.14. The molecule has 1 heterocycles. The number of nitro groups is 1. The van der Waals surface area contributed by atoms with E-state index >= 15 is 0 Å². The van der Waals surface area contributed by atoms with E-state index in [1.807, 2.05) is 0 Å². The predicted molar refractivity (Wildman–Crippen MR) is 66.2 cm³/mol. The fraction of sp³-hybridized carbons (Fsp3) is 0.500. The molecule has 2 rings (SSSR count). The number of benzene rings is 1. The van der Waals surface area contributed by atoms with Crippen molar-refractivity contribution in [2.75, 3.05) is 20.8 Å².